The molecule has 1 fully saturated rings. The average Bonchev–Trinajstić information content (AvgIpc) is 3.20. The van der Waals surface area contributed by atoms with Gasteiger partial charge in [-0.25, -0.2) is 8.42 Å². The number of nitrogens with one attached hydrogen (secondary N) is 2. The van der Waals surface area contributed by atoms with Crippen LogP contribution in [0.2, 0.25) is 0 Å². The van der Waals surface area contributed by atoms with Crippen molar-refractivity contribution in [2.75, 3.05) is 17.2 Å². The van der Waals surface area contributed by atoms with Gasteiger partial charge >= 0.3 is 0 Å². The van der Waals surface area contributed by atoms with Crippen LogP contribution in [0.15, 0.2) is 41.3 Å². The monoisotopic (exact) mass is 443 g/mol. The molecule has 8 nitrogen and oxygen atoms in total. The van der Waals surface area contributed by atoms with Gasteiger partial charge in [0.1, 0.15) is 11.8 Å². The van der Waals surface area contributed by atoms with Gasteiger partial charge in [0.2, 0.25) is 15.9 Å². The summed E-state index contributed by atoms with van der Waals surface area (Å²) in [6, 6.07) is 9.61. The van der Waals surface area contributed by atoms with Gasteiger partial charge in [0.15, 0.2) is 6.10 Å². The van der Waals surface area contributed by atoms with E-state index in [9.17, 15) is 18.0 Å². The van der Waals surface area contributed by atoms with Gasteiger partial charge in [0.25, 0.3) is 5.91 Å². The molecule has 2 amide bonds. The first-order valence-electron chi connectivity index (χ1n) is 10.2. The summed E-state index contributed by atoms with van der Waals surface area (Å²) in [4.78, 5) is 24.8. The van der Waals surface area contributed by atoms with Crippen molar-refractivity contribution in [3.05, 3.63) is 47.5 Å². The highest BCUT2D eigenvalue weighted by atomic mass is 32.2. The molecule has 1 saturated heterocycles. The minimum Gasteiger partial charge on any atom is -0.479 e. The van der Waals surface area contributed by atoms with E-state index < -0.39 is 22.2 Å². The van der Waals surface area contributed by atoms with E-state index in [1.54, 1.807) is 26.0 Å². The van der Waals surface area contributed by atoms with Crippen molar-refractivity contribution in [2.45, 2.75) is 50.7 Å². The van der Waals surface area contributed by atoms with Gasteiger partial charge in [-0.1, -0.05) is 12.1 Å². The lowest BCUT2D eigenvalue weighted by atomic mass is 10.1. The Morgan fingerprint density at radius 3 is 2.74 bits per heavy atom. The Morgan fingerprint density at radius 1 is 1.23 bits per heavy atom. The molecule has 0 spiro atoms. The maximum atomic E-state index is 13.5. The van der Waals surface area contributed by atoms with Crippen molar-refractivity contribution in [1.29, 1.82) is 0 Å². The van der Waals surface area contributed by atoms with Gasteiger partial charge in [-0.2, -0.15) is 4.31 Å². The van der Waals surface area contributed by atoms with E-state index in [-0.39, 0.29) is 23.3 Å². The van der Waals surface area contributed by atoms with E-state index in [0.717, 1.165) is 5.56 Å². The van der Waals surface area contributed by atoms with Gasteiger partial charge in [-0.05, 0) is 62.9 Å². The molecule has 0 radical (unpaired) electrons. The highest BCUT2D eigenvalue weighted by molar-refractivity contribution is 7.89. The van der Waals surface area contributed by atoms with Crippen molar-refractivity contribution in [3.63, 3.8) is 0 Å². The minimum absolute atomic E-state index is 0.0739. The number of carbonyl (C=O) groups is 2. The molecule has 2 aliphatic heterocycles. The molecular formula is C22H25N3O5S. The number of sulfonamides is 1. The van der Waals surface area contributed by atoms with Crippen LogP contribution in [0.5, 0.6) is 5.75 Å². The third-order valence-corrected chi connectivity index (χ3v) is 7.64. The summed E-state index contributed by atoms with van der Waals surface area (Å²) in [5.74, 6) is -0.328. The maximum absolute atomic E-state index is 13.5. The van der Waals surface area contributed by atoms with Gasteiger partial charge in [0, 0.05) is 18.3 Å². The second-order valence-electron chi connectivity index (χ2n) is 8.00. The largest absolute Gasteiger partial charge is 0.479 e. The van der Waals surface area contributed by atoms with E-state index in [4.69, 9.17) is 4.74 Å². The molecule has 0 bridgehead atoms. The number of aryl methyl sites for hydroxylation is 2. The standard InChI is InChI=1S/C22H25N3O5S/c1-13-6-4-7-16(10-13)23-22(27)18-8-5-9-25(18)31(28,29)20-12-19-17(11-14(20)2)24-21(26)15(3)30-19/h4,6-7,10-12,15,18H,5,8-9H2,1-3H3,(H,23,27)(H,24,26). The molecule has 164 valence electrons. The molecule has 0 saturated carbocycles. The summed E-state index contributed by atoms with van der Waals surface area (Å²) < 4.78 is 33.9. The van der Waals surface area contributed by atoms with E-state index in [1.807, 2.05) is 25.1 Å². The molecule has 9 heteroatoms. The fourth-order valence-corrected chi connectivity index (χ4v) is 5.87. The smallest absolute Gasteiger partial charge is 0.265 e. The quantitative estimate of drug-likeness (QED) is 0.756. The maximum Gasteiger partial charge on any atom is 0.265 e. The van der Waals surface area contributed by atoms with Crippen molar-refractivity contribution in [2.24, 2.45) is 0 Å². The van der Waals surface area contributed by atoms with Gasteiger partial charge in [0.05, 0.1) is 10.6 Å². The van der Waals surface area contributed by atoms with Crippen molar-refractivity contribution >= 4 is 33.2 Å². The molecule has 4 rings (SSSR count). The normalized spacial score (nSPS) is 21.2. The Kier molecular flexibility index (Phi) is 5.49. The second-order valence-corrected chi connectivity index (χ2v) is 9.85. The number of nitrogens with zero attached hydrogens (tertiary/aromatic N) is 1. The van der Waals surface area contributed by atoms with Crippen LogP contribution in [0.4, 0.5) is 11.4 Å². The fourth-order valence-electron chi connectivity index (χ4n) is 3.99. The highest BCUT2D eigenvalue weighted by Gasteiger charge is 2.40. The Balaban J connectivity index is 1.63. The number of ether oxygens (including phenoxy) is 1. The predicted molar refractivity (Wildman–Crippen MR) is 117 cm³/mol. The number of fused-ring (bicyclic) bond motifs is 1. The number of carbonyl (C=O) groups excluding carboxylic acids is 2. The average molecular weight is 444 g/mol. The summed E-state index contributed by atoms with van der Waals surface area (Å²) >= 11 is 0. The molecule has 2 aliphatic rings. The van der Waals surface area contributed by atoms with Crippen molar-refractivity contribution in [1.82, 2.24) is 4.31 Å². The SMILES string of the molecule is Cc1cccc(NC(=O)C2CCCN2S(=O)(=O)c2cc3c(cc2C)NC(=O)C(C)O3)c1. The summed E-state index contributed by atoms with van der Waals surface area (Å²) in [5.41, 5.74) is 2.55. The lowest BCUT2D eigenvalue weighted by Crippen LogP contribution is -2.43. The van der Waals surface area contributed by atoms with Crippen LogP contribution in [0.3, 0.4) is 0 Å². The zero-order valence-electron chi connectivity index (χ0n) is 17.6. The van der Waals surface area contributed by atoms with Gasteiger partial charge in [-0.3, -0.25) is 9.59 Å². The number of hydrogen-bond donors (Lipinski definition) is 2. The van der Waals surface area contributed by atoms with Crippen LogP contribution in [0.1, 0.15) is 30.9 Å². The zero-order valence-corrected chi connectivity index (χ0v) is 18.5. The fraction of sp³-hybridized carbons (Fsp3) is 0.364. The Labute approximate surface area is 181 Å². The Hall–Kier alpha value is -2.91. The predicted octanol–water partition coefficient (Wildman–Crippen LogP) is 2.81. The van der Waals surface area contributed by atoms with Crippen LogP contribution in [-0.4, -0.2) is 43.2 Å². The van der Waals surface area contributed by atoms with Crippen LogP contribution in [0, 0.1) is 13.8 Å². The highest BCUT2D eigenvalue weighted by Crippen LogP contribution is 2.37. The van der Waals surface area contributed by atoms with Crippen LogP contribution >= 0.6 is 0 Å². The van der Waals surface area contributed by atoms with E-state index in [2.05, 4.69) is 10.6 Å². The Bertz CT molecular complexity index is 1160. The van der Waals surface area contributed by atoms with Crippen LogP contribution < -0.4 is 15.4 Å². The third kappa shape index (κ3) is 4.03. The molecule has 2 aromatic carbocycles. The molecule has 2 N–H and O–H groups in total. The molecular weight excluding hydrogens is 418 g/mol. The molecule has 2 heterocycles. The number of amides is 2. The molecule has 0 aliphatic carbocycles. The number of anilines is 2. The second kappa shape index (κ2) is 7.97. The van der Waals surface area contributed by atoms with Crippen LogP contribution in [-0.2, 0) is 19.6 Å². The summed E-state index contributed by atoms with van der Waals surface area (Å²) in [6.07, 6.45) is 0.328. The molecule has 31 heavy (non-hydrogen) atoms. The Morgan fingerprint density at radius 2 is 2.00 bits per heavy atom. The minimum atomic E-state index is -3.95. The first-order chi connectivity index (χ1) is 14.7. The molecule has 2 unspecified atom stereocenters. The summed E-state index contributed by atoms with van der Waals surface area (Å²) in [7, 11) is -3.95. The summed E-state index contributed by atoms with van der Waals surface area (Å²) in [5, 5.41) is 5.56. The lowest BCUT2D eigenvalue weighted by Gasteiger charge is -2.27. The molecule has 2 atom stereocenters. The van der Waals surface area contributed by atoms with Crippen LogP contribution in [0.25, 0.3) is 0 Å². The third-order valence-electron chi connectivity index (χ3n) is 5.59. The van der Waals surface area contributed by atoms with Crippen molar-refractivity contribution < 1.29 is 22.7 Å². The van der Waals surface area contributed by atoms with Gasteiger partial charge in [-0.15, -0.1) is 0 Å². The first kappa shape index (κ1) is 21.3. The van der Waals surface area contributed by atoms with Crippen molar-refractivity contribution in [3.8, 4) is 5.75 Å². The lowest BCUT2D eigenvalue weighted by molar-refractivity contribution is -0.122. The van der Waals surface area contributed by atoms with E-state index in [0.29, 0.717) is 35.5 Å². The van der Waals surface area contributed by atoms with E-state index >= 15 is 0 Å². The zero-order chi connectivity index (χ0) is 22.3. The first-order valence-corrected chi connectivity index (χ1v) is 11.6. The summed E-state index contributed by atoms with van der Waals surface area (Å²) in [6.45, 7) is 5.44. The number of benzene rings is 2. The number of rotatable bonds is 4. The topological polar surface area (TPSA) is 105 Å². The number of hydrogen-bond acceptors (Lipinski definition) is 5. The van der Waals surface area contributed by atoms with Gasteiger partial charge < -0.3 is 15.4 Å². The molecule has 0 aromatic heterocycles. The van der Waals surface area contributed by atoms with E-state index in [1.165, 1.54) is 10.4 Å². The molecule has 2 aromatic rings.